The summed E-state index contributed by atoms with van der Waals surface area (Å²) in [6.45, 7) is 5.88. The van der Waals surface area contributed by atoms with Crippen LogP contribution < -0.4 is 5.73 Å². The van der Waals surface area contributed by atoms with Crippen molar-refractivity contribution < 1.29 is 4.39 Å². The molecule has 0 saturated heterocycles. The maximum absolute atomic E-state index is 13.4. The quantitative estimate of drug-likeness (QED) is 0.923. The predicted octanol–water partition coefficient (Wildman–Crippen LogP) is 2.73. The molecule has 0 fully saturated rings. The Bertz CT molecular complexity index is 581. The van der Waals surface area contributed by atoms with Gasteiger partial charge in [-0.1, -0.05) is 6.07 Å². The lowest BCUT2D eigenvalue weighted by Crippen LogP contribution is -2.14. The third-order valence-corrected chi connectivity index (χ3v) is 3.58. The van der Waals surface area contributed by atoms with Gasteiger partial charge >= 0.3 is 0 Å². The van der Waals surface area contributed by atoms with Crippen molar-refractivity contribution in [3.05, 3.63) is 52.1 Å². The Morgan fingerprint density at radius 1 is 1.26 bits per heavy atom. The van der Waals surface area contributed by atoms with Gasteiger partial charge in [0.1, 0.15) is 5.82 Å². The van der Waals surface area contributed by atoms with E-state index in [0.717, 1.165) is 28.1 Å². The van der Waals surface area contributed by atoms with Crippen molar-refractivity contribution in [3.63, 3.8) is 0 Å². The molecule has 2 N–H and O–H groups in total. The van der Waals surface area contributed by atoms with Gasteiger partial charge < -0.3 is 5.73 Å². The van der Waals surface area contributed by atoms with Crippen LogP contribution in [0.3, 0.4) is 0 Å². The molecule has 19 heavy (non-hydrogen) atoms. The summed E-state index contributed by atoms with van der Waals surface area (Å²) in [5.41, 5.74) is 11.2. The molecule has 0 aliphatic carbocycles. The highest BCUT2D eigenvalue weighted by Gasteiger charge is 2.15. The van der Waals surface area contributed by atoms with Gasteiger partial charge in [0.25, 0.3) is 0 Å². The molecule has 3 nitrogen and oxygen atoms in total. The van der Waals surface area contributed by atoms with Crippen LogP contribution in [-0.2, 0) is 13.5 Å². The van der Waals surface area contributed by atoms with Gasteiger partial charge in [-0.15, -0.1) is 0 Å². The number of hydrogen-bond donors (Lipinski definition) is 1. The fourth-order valence-electron chi connectivity index (χ4n) is 2.43. The summed E-state index contributed by atoms with van der Waals surface area (Å²) >= 11 is 0. The molecular weight excluding hydrogens is 241 g/mol. The molecule has 0 amide bonds. The fourth-order valence-corrected chi connectivity index (χ4v) is 2.43. The number of rotatable bonds is 3. The van der Waals surface area contributed by atoms with Crippen molar-refractivity contribution in [2.45, 2.75) is 33.2 Å². The Kier molecular flexibility index (Phi) is 3.71. The van der Waals surface area contributed by atoms with Crippen molar-refractivity contribution in [1.29, 1.82) is 0 Å². The van der Waals surface area contributed by atoms with Crippen LogP contribution in [0.4, 0.5) is 4.39 Å². The van der Waals surface area contributed by atoms with Crippen LogP contribution in [0.25, 0.3) is 0 Å². The predicted molar refractivity (Wildman–Crippen MR) is 74.5 cm³/mol. The standard InChI is InChI=1S/C15H20FN3/c1-9-5-12(7-13(16)6-9)15(17)8-14-10(2)18-19(4)11(14)3/h5-7,15H,8,17H2,1-4H3. The van der Waals surface area contributed by atoms with Gasteiger partial charge in [0.05, 0.1) is 5.69 Å². The van der Waals surface area contributed by atoms with Gasteiger partial charge in [0.15, 0.2) is 0 Å². The molecular formula is C15H20FN3. The monoisotopic (exact) mass is 261 g/mol. The third-order valence-electron chi connectivity index (χ3n) is 3.58. The third kappa shape index (κ3) is 2.84. The number of aryl methyl sites for hydroxylation is 3. The summed E-state index contributed by atoms with van der Waals surface area (Å²) in [7, 11) is 1.92. The first-order valence-corrected chi connectivity index (χ1v) is 6.40. The Balaban J connectivity index is 2.27. The van der Waals surface area contributed by atoms with E-state index < -0.39 is 0 Å². The van der Waals surface area contributed by atoms with E-state index >= 15 is 0 Å². The molecule has 1 aromatic carbocycles. The number of nitrogens with two attached hydrogens (primary N) is 1. The maximum atomic E-state index is 13.4. The van der Waals surface area contributed by atoms with Crippen molar-refractivity contribution in [2.24, 2.45) is 12.8 Å². The first-order chi connectivity index (χ1) is 8.88. The second-order valence-electron chi connectivity index (χ2n) is 5.15. The molecule has 0 bridgehead atoms. The highest BCUT2D eigenvalue weighted by molar-refractivity contribution is 5.31. The van der Waals surface area contributed by atoms with Crippen LogP contribution in [0.1, 0.15) is 34.1 Å². The van der Waals surface area contributed by atoms with Gasteiger partial charge in [0, 0.05) is 18.8 Å². The zero-order chi connectivity index (χ0) is 14.2. The van der Waals surface area contributed by atoms with Gasteiger partial charge in [-0.25, -0.2) is 4.39 Å². The molecule has 102 valence electrons. The highest BCUT2D eigenvalue weighted by atomic mass is 19.1. The van der Waals surface area contributed by atoms with E-state index in [1.54, 1.807) is 0 Å². The first-order valence-electron chi connectivity index (χ1n) is 6.40. The lowest BCUT2D eigenvalue weighted by atomic mass is 9.97. The average Bonchev–Trinajstić information content (AvgIpc) is 2.54. The van der Waals surface area contributed by atoms with E-state index in [1.165, 1.54) is 12.1 Å². The van der Waals surface area contributed by atoms with Crippen LogP contribution >= 0.6 is 0 Å². The summed E-state index contributed by atoms with van der Waals surface area (Å²) in [4.78, 5) is 0. The van der Waals surface area contributed by atoms with Crippen LogP contribution in [0.15, 0.2) is 18.2 Å². The average molecular weight is 261 g/mol. The van der Waals surface area contributed by atoms with E-state index in [4.69, 9.17) is 5.73 Å². The first kappa shape index (κ1) is 13.7. The molecule has 0 saturated carbocycles. The summed E-state index contributed by atoms with van der Waals surface area (Å²) in [6.07, 6.45) is 0.675. The van der Waals surface area contributed by atoms with Crippen LogP contribution in [0.2, 0.25) is 0 Å². The number of hydrogen-bond acceptors (Lipinski definition) is 2. The van der Waals surface area contributed by atoms with Crippen molar-refractivity contribution in [2.75, 3.05) is 0 Å². The fraction of sp³-hybridized carbons (Fsp3) is 0.400. The van der Waals surface area contributed by atoms with Gasteiger partial charge in [-0.3, -0.25) is 4.68 Å². The number of aromatic nitrogens is 2. The molecule has 1 heterocycles. The molecule has 1 aromatic heterocycles. The van der Waals surface area contributed by atoms with E-state index in [9.17, 15) is 4.39 Å². The molecule has 0 radical (unpaired) electrons. The lowest BCUT2D eigenvalue weighted by Gasteiger charge is -2.13. The minimum atomic E-state index is -0.231. The molecule has 0 aliphatic rings. The Morgan fingerprint density at radius 2 is 1.95 bits per heavy atom. The molecule has 1 atom stereocenters. The second-order valence-corrected chi connectivity index (χ2v) is 5.15. The van der Waals surface area contributed by atoms with Crippen LogP contribution in [0.5, 0.6) is 0 Å². The Labute approximate surface area is 113 Å². The van der Waals surface area contributed by atoms with Crippen molar-refractivity contribution in [1.82, 2.24) is 9.78 Å². The SMILES string of the molecule is Cc1cc(F)cc(C(N)Cc2c(C)nn(C)c2C)c1. The summed E-state index contributed by atoms with van der Waals surface area (Å²) in [5, 5.41) is 4.38. The maximum Gasteiger partial charge on any atom is 0.123 e. The minimum Gasteiger partial charge on any atom is -0.324 e. The van der Waals surface area contributed by atoms with Gasteiger partial charge in [0.2, 0.25) is 0 Å². The van der Waals surface area contributed by atoms with Crippen LogP contribution in [-0.4, -0.2) is 9.78 Å². The largest absolute Gasteiger partial charge is 0.324 e. The molecule has 0 spiro atoms. The molecule has 1 unspecified atom stereocenters. The van der Waals surface area contributed by atoms with Gasteiger partial charge in [-0.05, 0) is 56.0 Å². The Hall–Kier alpha value is -1.68. The van der Waals surface area contributed by atoms with E-state index in [-0.39, 0.29) is 11.9 Å². The normalized spacial score (nSPS) is 12.7. The minimum absolute atomic E-state index is 0.212. The van der Waals surface area contributed by atoms with Crippen LogP contribution in [0, 0.1) is 26.6 Å². The van der Waals surface area contributed by atoms with E-state index in [2.05, 4.69) is 5.10 Å². The highest BCUT2D eigenvalue weighted by Crippen LogP contribution is 2.22. The smallest absolute Gasteiger partial charge is 0.123 e. The van der Waals surface area contributed by atoms with Crippen molar-refractivity contribution >= 4 is 0 Å². The zero-order valence-electron chi connectivity index (χ0n) is 11.9. The lowest BCUT2D eigenvalue weighted by molar-refractivity contribution is 0.616. The molecule has 2 rings (SSSR count). The number of benzene rings is 1. The Morgan fingerprint density at radius 3 is 2.47 bits per heavy atom. The number of nitrogens with zero attached hydrogens (tertiary/aromatic N) is 2. The van der Waals surface area contributed by atoms with Gasteiger partial charge in [-0.2, -0.15) is 5.10 Å². The molecule has 2 aromatic rings. The summed E-state index contributed by atoms with van der Waals surface area (Å²) in [5.74, 6) is -0.231. The van der Waals surface area contributed by atoms with E-state index in [1.807, 2.05) is 38.6 Å². The summed E-state index contributed by atoms with van der Waals surface area (Å²) < 4.78 is 15.3. The number of halogens is 1. The molecule has 4 heteroatoms. The van der Waals surface area contributed by atoms with E-state index in [0.29, 0.717) is 6.42 Å². The zero-order valence-corrected chi connectivity index (χ0v) is 11.9. The molecule has 0 aliphatic heterocycles. The second kappa shape index (κ2) is 5.13. The van der Waals surface area contributed by atoms with Crippen molar-refractivity contribution in [3.8, 4) is 0 Å². The topological polar surface area (TPSA) is 43.8 Å². The summed E-state index contributed by atoms with van der Waals surface area (Å²) in [6, 6.07) is 4.75.